The molecule has 0 fully saturated rings. The molecule has 5 nitrogen and oxygen atoms in total. The number of benzene rings is 1. The van der Waals surface area contributed by atoms with E-state index in [-0.39, 0.29) is 19.1 Å². The molecule has 1 aromatic carbocycles. The summed E-state index contributed by atoms with van der Waals surface area (Å²) in [5, 5.41) is 16.2. The highest BCUT2D eigenvalue weighted by Gasteiger charge is 2.10. The Morgan fingerprint density at radius 1 is 1.38 bits per heavy atom. The molecule has 1 amide bonds. The molecule has 2 N–H and O–H groups in total. The number of ether oxygens (including phenoxy) is 2. The van der Waals surface area contributed by atoms with E-state index >= 15 is 0 Å². The van der Waals surface area contributed by atoms with Gasteiger partial charge >= 0.3 is 0 Å². The Bertz CT molecular complexity index is 571. The molecule has 0 radical (unpaired) electrons. The van der Waals surface area contributed by atoms with E-state index in [0.29, 0.717) is 11.5 Å². The van der Waals surface area contributed by atoms with Crippen LogP contribution in [0.1, 0.15) is 11.7 Å². The normalized spacial score (nSPS) is 11.7. The lowest BCUT2D eigenvalue weighted by atomic mass is 10.2. The second-order valence-electron chi connectivity index (χ2n) is 4.34. The van der Waals surface area contributed by atoms with Gasteiger partial charge in [-0.25, -0.2) is 0 Å². The zero-order valence-electron chi connectivity index (χ0n) is 11.6. The maximum Gasteiger partial charge on any atom is 0.258 e. The van der Waals surface area contributed by atoms with Crippen molar-refractivity contribution in [1.29, 1.82) is 0 Å². The molecule has 1 heterocycles. The number of thiophene rings is 1. The summed E-state index contributed by atoms with van der Waals surface area (Å²) in [5.74, 6) is 0.941. The molecular weight excluding hydrogens is 290 g/mol. The van der Waals surface area contributed by atoms with Crippen molar-refractivity contribution in [3.8, 4) is 11.5 Å². The molecule has 0 aliphatic rings. The number of carbonyl (C=O) groups excluding carboxylic acids is 1. The first-order valence-electron chi connectivity index (χ1n) is 6.42. The van der Waals surface area contributed by atoms with Crippen molar-refractivity contribution in [3.05, 3.63) is 46.7 Å². The number of amides is 1. The van der Waals surface area contributed by atoms with E-state index in [4.69, 9.17) is 9.47 Å². The Morgan fingerprint density at radius 3 is 2.90 bits per heavy atom. The molecule has 0 spiro atoms. The van der Waals surface area contributed by atoms with Crippen LogP contribution in [-0.4, -0.2) is 31.3 Å². The van der Waals surface area contributed by atoms with Gasteiger partial charge in [0, 0.05) is 12.6 Å². The predicted octanol–water partition coefficient (Wildman–Crippen LogP) is 1.99. The summed E-state index contributed by atoms with van der Waals surface area (Å²) in [6, 6.07) is 8.86. The third kappa shape index (κ3) is 4.77. The van der Waals surface area contributed by atoms with Gasteiger partial charge in [-0.3, -0.25) is 4.79 Å². The van der Waals surface area contributed by atoms with Gasteiger partial charge in [0.15, 0.2) is 6.61 Å². The van der Waals surface area contributed by atoms with E-state index in [1.165, 1.54) is 11.3 Å². The SMILES string of the molecule is COc1cccc(OCC(=O)NCC(O)c2ccsc2)c1. The van der Waals surface area contributed by atoms with E-state index in [2.05, 4.69) is 5.32 Å². The Labute approximate surface area is 127 Å². The van der Waals surface area contributed by atoms with Crippen LogP contribution in [0.25, 0.3) is 0 Å². The quantitative estimate of drug-likeness (QED) is 0.821. The third-order valence-corrected chi connectivity index (χ3v) is 3.53. The van der Waals surface area contributed by atoms with E-state index in [1.54, 1.807) is 31.4 Å². The molecule has 0 aliphatic carbocycles. The van der Waals surface area contributed by atoms with E-state index < -0.39 is 6.10 Å². The van der Waals surface area contributed by atoms with Gasteiger partial charge in [-0.1, -0.05) is 6.07 Å². The van der Waals surface area contributed by atoms with E-state index in [9.17, 15) is 9.90 Å². The fraction of sp³-hybridized carbons (Fsp3) is 0.267. The van der Waals surface area contributed by atoms with Crippen LogP contribution in [0.4, 0.5) is 0 Å². The summed E-state index contributed by atoms with van der Waals surface area (Å²) >= 11 is 1.50. The predicted molar refractivity (Wildman–Crippen MR) is 80.8 cm³/mol. The molecule has 0 aliphatic heterocycles. The van der Waals surface area contributed by atoms with Crippen molar-refractivity contribution in [3.63, 3.8) is 0 Å². The maximum absolute atomic E-state index is 11.7. The molecule has 0 bridgehead atoms. The van der Waals surface area contributed by atoms with E-state index in [0.717, 1.165) is 5.56 Å². The molecule has 0 saturated carbocycles. The Morgan fingerprint density at radius 2 is 2.19 bits per heavy atom. The van der Waals surface area contributed by atoms with Gasteiger partial charge in [0.25, 0.3) is 5.91 Å². The topological polar surface area (TPSA) is 67.8 Å². The van der Waals surface area contributed by atoms with Gasteiger partial charge < -0.3 is 19.9 Å². The number of aliphatic hydroxyl groups excluding tert-OH is 1. The van der Waals surface area contributed by atoms with Crippen LogP contribution < -0.4 is 14.8 Å². The van der Waals surface area contributed by atoms with Gasteiger partial charge in [-0.05, 0) is 34.5 Å². The minimum atomic E-state index is -0.697. The minimum absolute atomic E-state index is 0.108. The summed E-state index contributed by atoms with van der Waals surface area (Å²) in [5.41, 5.74) is 0.800. The van der Waals surface area contributed by atoms with Gasteiger partial charge in [-0.2, -0.15) is 11.3 Å². The first-order valence-corrected chi connectivity index (χ1v) is 7.37. The van der Waals surface area contributed by atoms with Crippen LogP contribution in [0.15, 0.2) is 41.1 Å². The highest BCUT2D eigenvalue weighted by molar-refractivity contribution is 7.07. The number of hydrogen-bond donors (Lipinski definition) is 2. The summed E-state index contributed by atoms with van der Waals surface area (Å²) in [7, 11) is 1.57. The lowest BCUT2D eigenvalue weighted by molar-refractivity contribution is -0.123. The number of rotatable bonds is 7. The first kappa shape index (κ1) is 15.3. The van der Waals surface area contributed by atoms with Crippen molar-refractivity contribution in [2.75, 3.05) is 20.3 Å². The average Bonchev–Trinajstić information content (AvgIpc) is 3.05. The van der Waals surface area contributed by atoms with Gasteiger partial charge in [0.1, 0.15) is 11.5 Å². The second-order valence-corrected chi connectivity index (χ2v) is 5.12. The van der Waals surface area contributed by atoms with Crippen LogP contribution in [0.2, 0.25) is 0 Å². The van der Waals surface area contributed by atoms with Crippen molar-refractivity contribution >= 4 is 17.2 Å². The highest BCUT2D eigenvalue weighted by Crippen LogP contribution is 2.18. The fourth-order valence-corrected chi connectivity index (χ4v) is 2.39. The first-order chi connectivity index (χ1) is 10.2. The van der Waals surface area contributed by atoms with Crippen LogP contribution in [-0.2, 0) is 4.79 Å². The summed E-state index contributed by atoms with van der Waals surface area (Å²) < 4.78 is 10.4. The molecule has 1 atom stereocenters. The van der Waals surface area contributed by atoms with Crippen LogP contribution in [0.3, 0.4) is 0 Å². The number of aliphatic hydroxyl groups is 1. The summed E-state index contributed by atoms with van der Waals surface area (Å²) in [6.45, 7) is 0.0561. The number of methoxy groups -OCH3 is 1. The average molecular weight is 307 g/mol. The second kappa shape index (κ2) is 7.66. The Kier molecular flexibility index (Phi) is 5.59. The lowest BCUT2D eigenvalue weighted by Crippen LogP contribution is -2.32. The van der Waals surface area contributed by atoms with Gasteiger partial charge in [0.2, 0.25) is 0 Å². The highest BCUT2D eigenvalue weighted by atomic mass is 32.1. The summed E-state index contributed by atoms with van der Waals surface area (Å²) in [4.78, 5) is 11.7. The number of carbonyl (C=O) groups is 1. The Balaban J connectivity index is 1.74. The molecule has 21 heavy (non-hydrogen) atoms. The largest absolute Gasteiger partial charge is 0.497 e. The minimum Gasteiger partial charge on any atom is -0.497 e. The van der Waals surface area contributed by atoms with Crippen molar-refractivity contribution in [1.82, 2.24) is 5.32 Å². The van der Waals surface area contributed by atoms with Crippen molar-refractivity contribution in [2.24, 2.45) is 0 Å². The van der Waals surface area contributed by atoms with Crippen LogP contribution >= 0.6 is 11.3 Å². The van der Waals surface area contributed by atoms with Gasteiger partial charge in [0.05, 0.1) is 13.2 Å². The molecule has 112 valence electrons. The van der Waals surface area contributed by atoms with Crippen LogP contribution in [0.5, 0.6) is 11.5 Å². The maximum atomic E-state index is 11.7. The standard InChI is InChI=1S/C15H17NO4S/c1-19-12-3-2-4-13(7-12)20-9-15(18)16-8-14(17)11-5-6-21-10-11/h2-7,10,14,17H,8-9H2,1H3,(H,16,18). The monoisotopic (exact) mass is 307 g/mol. The zero-order chi connectivity index (χ0) is 15.1. The van der Waals surface area contributed by atoms with Crippen LogP contribution in [0, 0.1) is 0 Å². The molecule has 1 unspecified atom stereocenters. The zero-order valence-corrected chi connectivity index (χ0v) is 12.4. The fourth-order valence-electron chi connectivity index (χ4n) is 1.68. The number of hydrogen-bond acceptors (Lipinski definition) is 5. The summed E-state index contributed by atoms with van der Waals surface area (Å²) in [6.07, 6.45) is -0.697. The number of nitrogens with one attached hydrogen (secondary N) is 1. The Hall–Kier alpha value is -2.05. The molecule has 6 heteroatoms. The van der Waals surface area contributed by atoms with Crippen molar-refractivity contribution in [2.45, 2.75) is 6.10 Å². The molecule has 2 rings (SSSR count). The molecule has 0 saturated heterocycles. The van der Waals surface area contributed by atoms with Crippen molar-refractivity contribution < 1.29 is 19.4 Å². The van der Waals surface area contributed by atoms with E-state index in [1.807, 2.05) is 16.8 Å². The lowest BCUT2D eigenvalue weighted by Gasteiger charge is -2.11. The smallest absolute Gasteiger partial charge is 0.258 e. The third-order valence-electron chi connectivity index (χ3n) is 2.83. The molecular formula is C15H17NO4S. The molecule has 1 aromatic heterocycles. The molecule has 2 aromatic rings. The van der Waals surface area contributed by atoms with Gasteiger partial charge in [-0.15, -0.1) is 0 Å².